The molecule has 0 radical (unpaired) electrons. The van der Waals surface area contributed by atoms with Crippen molar-refractivity contribution in [3.63, 3.8) is 0 Å². The van der Waals surface area contributed by atoms with E-state index in [4.69, 9.17) is 0 Å². The minimum atomic E-state index is -3.36. The van der Waals surface area contributed by atoms with Crippen LogP contribution in [-0.2, 0) is 10.2 Å². The first-order valence-corrected chi connectivity index (χ1v) is 10.1. The maximum atomic E-state index is 12.5. The Hall–Kier alpha value is 0.180. The average molecular weight is 324 g/mol. The Morgan fingerprint density at radius 3 is 2.80 bits per heavy atom. The van der Waals surface area contributed by atoms with Crippen LogP contribution in [0.5, 0.6) is 0 Å². The highest BCUT2D eigenvalue weighted by molar-refractivity contribution is 7.99. The van der Waals surface area contributed by atoms with E-state index in [1.165, 1.54) is 0 Å². The Balaban J connectivity index is 2.56. The molecular weight excluding hydrogens is 294 g/mol. The van der Waals surface area contributed by atoms with Crippen LogP contribution in [0.1, 0.15) is 39.5 Å². The van der Waals surface area contributed by atoms with E-state index in [1.54, 1.807) is 4.31 Å². The van der Waals surface area contributed by atoms with Crippen LogP contribution in [0.25, 0.3) is 0 Å². The Labute approximate surface area is 128 Å². The zero-order chi connectivity index (χ0) is 15.0. The predicted octanol–water partition coefficient (Wildman–Crippen LogP) is 1.43. The smallest absolute Gasteiger partial charge is 0.279 e. The number of nitrogens with one attached hydrogen (secondary N) is 2. The molecule has 0 spiro atoms. The van der Waals surface area contributed by atoms with Gasteiger partial charge in [-0.1, -0.05) is 13.3 Å². The molecule has 7 heteroatoms. The molecule has 1 rings (SSSR count). The quantitative estimate of drug-likeness (QED) is 0.630. The van der Waals surface area contributed by atoms with Gasteiger partial charge < -0.3 is 5.32 Å². The second-order valence-corrected chi connectivity index (χ2v) is 8.38. The third-order valence-corrected chi connectivity index (χ3v) is 6.30. The second kappa shape index (κ2) is 9.25. The zero-order valence-corrected chi connectivity index (χ0v) is 14.5. The molecule has 1 aliphatic rings. The van der Waals surface area contributed by atoms with Crippen LogP contribution in [0.3, 0.4) is 0 Å². The van der Waals surface area contributed by atoms with E-state index in [0.717, 1.165) is 43.7 Å². The lowest BCUT2D eigenvalue weighted by atomic mass is 10.1. The van der Waals surface area contributed by atoms with Gasteiger partial charge in [-0.2, -0.15) is 29.2 Å². The number of nitrogens with zero attached hydrogens (tertiary/aromatic N) is 1. The zero-order valence-electron chi connectivity index (χ0n) is 12.9. The highest BCUT2D eigenvalue weighted by Gasteiger charge is 2.32. The van der Waals surface area contributed by atoms with Crippen LogP contribution in [0, 0.1) is 0 Å². The SMILES string of the molecule is CCSCCC(C)NS(=O)(=O)N1CCCCC1CNC. The predicted molar refractivity (Wildman–Crippen MR) is 87.4 cm³/mol. The molecule has 0 amide bonds. The first kappa shape index (κ1) is 18.2. The molecule has 1 saturated heterocycles. The number of thioether (sulfide) groups is 1. The fourth-order valence-electron chi connectivity index (χ4n) is 2.52. The van der Waals surface area contributed by atoms with E-state index >= 15 is 0 Å². The average Bonchev–Trinajstić information content (AvgIpc) is 2.39. The summed E-state index contributed by atoms with van der Waals surface area (Å²) in [6.45, 7) is 5.43. The van der Waals surface area contributed by atoms with E-state index in [1.807, 2.05) is 25.7 Å². The Kier molecular flexibility index (Phi) is 8.43. The number of rotatable bonds is 9. The summed E-state index contributed by atoms with van der Waals surface area (Å²) < 4.78 is 29.5. The van der Waals surface area contributed by atoms with Crippen molar-refractivity contribution in [1.82, 2.24) is 14.3 Å². The monoisotopic (exact) mass is 323 g/mol. The fourth-order valence-corrected chi connectivity index (χ4v) is 5.03. The highest BCUT2D eigenvalue weighted by Crippen LogP contribution is 2.19. The number of hydrogen-bond acceptors (Lipinski definition) is 4. The van der Waals surface area contributed by atoms with Crippen molar-refractivity contribution in [3.05, 3.63) is 0 Å². The number of likely N-dealkylation sites (N-methyl/N-ethyl adjacent to an activating group) is 1. The van der Waals surface area contributed by atoms with Gasteiger partial charge in [0.25, 0.3) is 10.2 Å². The van der Waals surface area contributed by atoms with Crippen LogP contribution in [0.4, 0.5) is 0 Å². The molecule has 1 aliphatic heterocycles. The molecule has 0 aromatic heterocycles. The van der Waals surface area contributed by atoms with Crippen LogP contribution in [-0.4, -0.2) is 56.4 Å². The largest absolute Gasteiger partial charge is 0.318 e. The molecule has 2 atom stereocenters. The Morgan fingerprint density at radius 1 is 1.40 bits per heavy atom. The summed E-state index contributed by atoms with van der Waals surface area (Å²) in [5.74, 6) is 2.08. The molecule has 0 saturated carbocycles. The molecular formula is C13H29N3O2S2. The first-order valence-electron chi connectivity index (χ1n) is 7.52. The summed E-state index contributed by atoms with van der Waals surface area (Å²) >= 11 is 1.85. The number of piperidine rings is 1. The summed E-state index contributed by atoms with van der Waals surface area (Å²) in [7, 11) is -1.48. The van der Waals surface area contributed by atoms with Crippen molar-refractivity contribution in [1.29, 1.82) is 0 Å². The van der Waals surface area contributed by atoms with E-state index in [9.17, 15) is 8.42 Å². The summed E-state index contributed by atoms with van der Waals surface area (Å²) in [6.07, 6.45) is 3.90. The van der Waals surface area contributed by atoms with Crippen LogP contribution in [0.2, 0.25) is 0 Å². The van der Waals surface area contributed by atoms with Crippen molar-refractivity contribution in [2.75, 3.05) is 31.6 Å². The topological polar surface area (TPSA) is 61.4 Å². The lowest BCUT2D eigenvalue weighted by Gasteiger charge is -2.35. The van der Waals surface area contributed by atoms with Gasteiger partial charge in [0.2, 0.25) is 0 Å². The molecule has 2 unspecified atom stereocenters. The Bertz CT molecular complexity index is 361. The minimum absolute atomic E-state index is 0.00351. The third kappa shape index (κ3) is 5.89. The standard InChI is InChI=1S/C13H29N3O2S2/c1-4-19-10-8-12(2)15-20(17,18)16-9-6-5-7-13(16)11-14-3/h12-15H,4-11H2,1-3H3. The van der Waals surface area contributed by atoms with E-state index in [-0.39, 0.29) is 12.1 Å². The molecule has 1 heterocycles. The second-order valence-electron chi connectivity index (χ2n) is 5.33. The van der Waals surface area contributed by atoms with Gasteiger partial charge in [0, 0.05) is 25.2 Å². The molecule has 120 valence electrons. The summed E-state index contributed by atoms with van der Waals surface area (Å²) in [6, 6.07) is 0.0830. The van der Waals surface area contributed by atoms with Gasteiger partial charge in [0.1, 0.15) is 0 Å². The maximum Gasteiger partial charge on any atom is 0.279 e. The van der Waals surface area contributed by atoms with Crippen molar-refractivity contribution < 1.29 is 8.42 Å². The van der Waals surface area contributed by atoms with E-state index in [2.05, 4.69) is 17.0 Å². The Morgan fingerprint density at radius 2 is 2.15 bits per heavy atom. The van der Waals surface area contributed by atoms with Crippen molar-refractivity contribution >= 4 is 22.0 Å². The molecule has 0 aromatic rings. The van der Waals surface area contributed by atoms with Gasteiger partial charge in [-0.05, 0) is 44.7 Å². The van der Waals surface area contributed by atoms with E-state index < -0.39 is 10.2 Å². The van der Waals surface area contributed by atoms with E-state index in [0.29, 0.717) is 6.54 Å². The molecule has 0 bridgehead atoms. The third-order valence-electron chi connectivity index (χ3n) is 3.57. The van der Waals surface area contributed by atoms with Crippen molar-refractivity contribution in [3.8, 4) is 0 Å². The van der Waals surface area contributed by atoms with Crippen LogP contribution >= 0.6 is 11.8 Å². The molecule has 2 N–H and O–H groups in total. The van der Waals surface area contributed by atoms with Gasteiger partial charge in [-0.25, -0.2) is 0 Å². The molecule has 1 fully saturated rings. The molecule has 0 aromatic carbocycles. The van der Waals surface area contributed by atoms with Crippen LogP contribution < -0.4 is 10.0 Å². The summed E-state index contributed by atoms with van der Waals surface area (Å²) in [5, 5.41) is 3.10. The first-order chi connectivity index (χ1) is 9.51. The van der Waals surface area contributed by atoms with Gasteiger partial charge in [-0.15, -0.1) is 0 Å². The lowest BCUT2D eigenvalue weighted by molar-refractivity contribution is 0.245. The minimum Gasteiger partial charge on any atom is -0.318 e. The van der Waals surface area contributed by atoms with Crippen LogP contribution in [0.15, 0.2) is 0 Å². The molecule has 0 aliphatic carbocycles. The molecule has 20 heavy (non-hydrogen) atoms. The highest BCUT2D eigenvalue weighted by atomic mass is 32.2. The van der Waals surface area contributed by atoms with Gasteiger partial charge in [0.15, 0.2) is 0 Å². The summed E-state index contributed by atoms with van der Waals surface area (Å²) in [4.78, 5) is 0. The van der Waals surface area contributed by atoms with Crippen molar-refractivity contribution in [2.24, 2.45) is 0 Å². The molecule has 5 nitrogen and oxygen atoms in total. The van der Waals surface area contributed by atoms with Gasteiger partial charge in [0.05, 0.1) is 0 Å². The fraction of sp³-hybridized carbons (Fsp3) is 1.00. The normalized spacial score (nSPS) is 22.9. The maximum absolute atomic E-state index is 12.5. The van der Waals surface area contributed by atoms with Crippen molar-refractivity contribution in [2.45, 2.75) is 51.6 Å². The number of hydrogen-bond donors (Lipinski definition) is 2. The summed E-state index contributed by atoms with van der Waals surface area (Å²) in [5.41, 5.74) is 0. The lowest BCUT2D eigenvalue weighted by Crippen LogP contribution is -2.53. The van der Waals surface area contributed by atoms with Gasteiger partial charge in [-0.3, -0.25) is 0 Å². The van der Waals surface area contributed by atoms with Gasteiger partial charge >= 0.3 is 0 Å².